The zero-order valence-electron chi connectivity index (χ0n) is 34.4. The summed E-state index contributed by atoms with van der Waals surface area (Å²) >= 11 is 0. The molecule has 54 heavy (non-hydrogen) atoms. The first-order chi connectivity index (χ1) is 25.8. The van der Waals surface area contributed by atoms with Gasteiger partial charge >= 0.3 is 11.9 Å². The van der Waals surface area contributed by atoms with E-state index < -0.39 is 46.8 Å². The van der Waals surface area contributed by atoms with Crippen LogP contribution in [0.25, 0.3) is 0 Å². The maximum Gasteiger partial charge on any atom is 0.339 e. The number of carbonyl (C=O) groups excluding carboxylic acids is 3. The molecule has 0 radical (unpaired) electrons. The molecule has 3 atom stereocenters. The van der Waals surface area contributed by atoms with Gasteiger partial charge in [-0.1, -0.05) is 83.1 Å². The van der Waals surface area contributed by atoms with E-state index in [-0.39, 0.29) is 19.4 Å². The molecule has 11 heteroatoms. The second-order valence-corrected chi connectivity index (χ2v) is 15.4. The predicted molar refractivity (Wildman–Crippen MR) is 210 cm³/mol. The fourth-order valence-electron chi connectivity index (χ4n) is 6.51. The Morgan fingerprint density at radius 3 is 2.06 bits per heavy atom. The molecule has 1 aromatic carbocycles. The Morgan fingerprint density at radius 1 is 0.870 bits per heavy atom. The number of benzene rings is 1. The number of carbonyl (C=O) groups is 3. The molecule has 0 spiro atoms. The minimum atomic E-state index is -2.27. The highest BCUT2D eigenvalue weighted by Crippen LogP contribution is 2.32. The largest absolute Gasteiger partial charge is 0.494 e. The van der Waals surface area contributed by atoms with Crippen molar-refractivity contribution in [2.75, 3.05) is 40.6 Å². The van der Waals surface area contributed by atoms with Crippen LogP contribution in [0.4, 0.5) is 0 Å². The maximum atomic E-state index is 14.1. The molecule has 308 valence electrons. The first-order valence-corrected chi connectivity index (χ1v) is 20.3. The van der Waals surface area contributed by atoms with Crippen molar-refractivity contribution in [1.82, 2.24) is 5.32 Å². The summed E-state index contributed by atoms with van der Waals surface area (Å²) in [5.41, 5.74) is -2.42. The lowest BCUT2D eigenvalue weighted by atomic mass is 9.82. The number of esters is 2. The molecule has 1 aliphatic rings. The molecule has 1 aromatic rings. The second kappa shape index (κ2) is 25.2. The van der Waals surface area contributed by atoms with Gasteiger partial charge in [-0.25, -0.2) is 9.59 Å². The highest BCUT2D eigenvalue weighted by Gasteiger charge is 2.49. The zero-order chi connectivity index (χ0) is 39.9. The van der Waals surface area contributed by atoms with E-state index in [1.165, 1.54) is 39.9 Å². The number of hydrogen-bond donors (Lipinski definition) is 2. The molecule has 0 bridgehead atoms. The van der Waals surface area contributed by atoms with E-state index >= 15 is 0 Å². The van der Waals surface area contributed by atoms with Crippen LogP contribution in [0.2, 0.25) is 0 Å². The summed E-state index contributed by atoms with van der Waals surface area (Å²) in [5, 5.41) is 14.8. The van der Waals surface area contributed by atoms with Gasteiger partial charge in [0.2, 0.25) is 5.91 Å². The van der Waals surface area contributed by atoms with Crippen LogP contribution in [0.15, 0.2) is 36.4 Å². The molecule has 1 amide bonds. The molecule has 0 unspecified atom stereocenters. The molecule has 1 saturated heterocycles. The smallest absolute Gasteiger partial charge is 0.339 e. The summed E-state index contributed by atoms with van der Waals surface area (Å²) in [6.07, 6.45) is 17.6. The van der Waals surface area contributed by atoms with Gasteiger partial charge < -0.3 is 38.8 Å². The summed E-state index contributed by atoms with van der Waals surface area (Å²) in [7, 11) is 2.70. The summed E-state index contributed by atoms with van der Waals surface area (Å²) in [4.78, 5) is 40.7. The van der Waals surface area contributed by atoms with Gasteiger partial charge in [-0.05, 0) is 70.6 Å². The molecule has 11 nitrogen and oxygen atoms in total. The minimum Gasteiger partial charge on any atom is -0.494 e. The van der Waals surface area contributed by atoms with E-state index in [4.69, 9.17) is 28.4 Å². The number of nitrogens with one attached hydrogen (secondary N) is 1. The number of unbranched alkanes of at least 4 members (excludes halogenated alkanes) is 9. The molecular formula is C43H71NO10. The van der Waals surface area contributed by atoms with Crippen molar-refractivity contribution < 1.29 is 47.9 Å². The molecule has 1 aliphatic heterocycles. The Bertz CT molecular complexity index is 1240. The topological polar surface area (TPSA) is 139 Å². The lowest BCUT2D eigenvalue weighted by Crippen LogP contribution is -2.56. The Kier molecular flexibility index (Phi) is 22.0. The average Bonchev–Trinajstić information content (AvgIpc) is 3.61. The van der Waals surface area contributed by atoms with Crippen molar-refractivity contribution in [3.63, 3.8) is 0 Å². The lowest BCUT2D eigenvalue weighted by Gasteiger charge is -2.35. The van der Waals surface area contributed by atoms with Gasteiger partial charge in [0.15, 0.2) is 11.4 Å². The second-order valence-electron chi connectivity index (χ2n) is 15.4. The standard InChI is InChI=1S/C43H71NO10/c1-8-10-12-16-19-26-42(52-31-32-53-42)27-20-17-14-13-15-18-21-36(43(48,28-30-49-6)40(47)54-41(3,4)5)38(45)44-37(39(46)50-7)33-34-22-24-35(25-23-34)51-29-11-9-2/h18,21-25,36-37,48H,8-17,19-20,26-33H2,1-7H3,(H,44,45)/b21-18+/t36-,37+,43+/m1/s1. The zero-order valence-corrected chi connectivity index (χ0v) is 34.4. The maximum absolute atomic E-state index is 14.1. The Morgan fingerprint density at radius 2 is 1.48 bits per heavy atom. The van der Waals surface area contributed by atoms with Crippen LogP contribution in [0, 0.1) is 5.92 Å². The normalized spacial score (nSPS) is 16.4. The molecule has 0 aromatic heterocycles. The highest BCUT2D eigenvalue weighted by atomic mass is 16.7. The number of ether oxygens (including phenoxy) is 6. The molecule has 0 saturated carbocycles. The van der Waals surface area contributed by atoms with Crippen molar-refractivity contribution in [1.29, 1.82) is 0 Å². The van der Waals surface area contributed by atoms with Crippen molar-refractivity contribution in [3.8, 4) is 5.75 Å². The van der Waals surface area contributed by atoms with Gasteiger partial charge in [0, 0.05) is 39.4 Å². The molecular weight excluding hydrogens is 690 g/mol. The van der Waals surface area contributed by atoms with Crippen molar-refractivity contribution in [2.24, 2.45) is 5.92 Å². The van der Waals surface area contributed by atoms with Crippen LogP contribution in [0.1, 0.15) is 136 Å². The van der Waals surface area contributed by atoms with Gasteiger partial charge in [-0.3, -0.25) is 4.79 Å². The van der Waals surface area contributed by atoms with Gasteiger partial charge in [-0.2, -0.15) is 0 Å². The van der Waals surface area contributed by atoms with Crippen molar-refractivity contribution >= 4 is 17.8 Å². The third-order valence-electron chi connectivity index (χ3n) is 9.65. The summed E-state index contributed by atoms with van der Waals surface area (Å²) in [6, 6.07) is 6.23. The summed E-state index contributed by atoms with van der Waals surface area (Å²) < 4.78 is 33.8. The van der Waals surface area contributed by atoms with E-state index in [0.29, 0.717) is 32.0 Å². The number of allylic oxidation sites excluding steroid dienone is 1. The minimum absolute atomic E-state index is 0.00582. The monoisotopic (exact) mass is 762 g/mol. The van der Waals surface area contributed by atoms with Crippen LogP contribution in [-0.2, 0) is 44.5 Å². The van der Waals surface area contributed by atoms with Crippen LogP contribution in [0.5, 0.6) is 5.75 Å². The third kappa shape index (κ3) is 17.2. The van der Waals surface area contributed by atoms with Gasteiger partial charge in [0.25, 0.3) is 0 Å². The van der Waals surface area contributed by atoms with Crippen molar-refractivity contribution in [2.45, 2.75) is 160 Å². The predicted octanol–water partition coefficient (Wildman–Crippen LogP) is 7.79. The molecule has 2 rings (SSSR count). The van der Waals surface area contributed by atoms with E-state index in [1.54, 1.807) is 26.8 Å². The number of rotatable bonds is 28. The summed E-state index contributed by atoms with van der Waals surface area (Å²) in [5.74, 6) is -3.42. The van der Waals surface area contributed by atoms with E-state index in [2.05, 4.69) is 19.2 Å². The molecule has 1 fully saturated rings. The third-order valence-corrected chi connectivity index (χ3v) is 9.65. The van der Waals surface area contributed by atoms with Crippen LogP contribution < -0.4 is 10.1 Å². The highest BCUT2D eigenvalue weighted by molar-refractivity contribution is 5.93. The van der Waals surface area contributed by atoms with Gasteiger partial charge in [-0.15, -0.1) is 0 Å². The van der Waals surface area contributed by atoms with Crippen LogP contribution >= 0.6 is 0 Å². The van der Waals surface area contributed by atoms with Gasteiger partial charge in [0.1, 0.15) is 17.4 Å². The Balaban J connectivity index is 2.15. The summed E-state index contributed by atoms with van der Waals surface area (Å²) in [6.45, 7) is 11.3. The number of aliphatic hydroxyl groups is 1. The number of amides is 1. The van der Waals surface area contributed by atoms with Crippen LogP contribution in [0.3, 0.4) is 0 Å². The van der Waals surface area contributed by atoms with Gasteiger partial charge in [0.05, 0.1) is 32.8 Å². The van der Waals surface area contributed by atoms with Crippen molar-refractivity contribution in [3.05, 3.63) is 42.0 Å². The SMILES string of the molecule is CCCCCCCC1(CCCCCC/C=C/[C@H](C(=O)N[C@@H](Cc2ccc(OCCCC)cc2)C(=O)OC)[C@@](O)(CCOC)C(=O)OC(C)(C)C)OCCO1. The lowest BCUT2D eigenvalue weighted by molar-refractivity contribution is -0.185. The van der Waals surface area contributed by atoms with E-state index in [9.17, 15) is 19.5 Å². The number of hydrogen-bond acceptors (Lipinski definition) is 10. The molecule has 2 N–H and O–H groups in total. The first-order valence-electron chi connectivity index (χ1n) is 20.3. The fraction of sp³-hybridized carbons (Fsp3) is 0.744. The average molecular weight is 762 g/mol. The molecule has 0 aliphatic carbocycles. The quantitative estimate of drug-likeness (QED) is 0.0494. The van der Waals surface area contributed by atoms with Crippen LogP contribution in [-0.4, -0.2) is 86.6 Å². The first kappa shape index (κ1) is 47.2. The van der Waals surface area contributed by atoms with E-state index in [1.807, 2.05) is 30.3 Å². The fourth-order valence-corrected chi connectivity index (χ4v) is 6.51. The Labute approximate surface area is 325 Å². The van der Waals surface area contributed by atoms with E-state index in [0.717, 1.165) is 63.4 Å². The number of methoxy groups -OCH3 is 2. The molecule has 1 heterocycles. The Hall–Kier alpha value is -2.99.